The summed E-state index contributed by atoms with van der Waals surface area (Å²) in [6, 6.07) is 17.6. The average Bonchev–Trinajstić information content (AvgIpc) is 2.88. The van der Waals surface area contributed by atoms with Crippen LogP contribution < -0.4 is 11.3 Å². The van der Waals surface area contributed by atoms with Crippen LogP contribution in [-0.4, -0.2) is 33.0 Å². The molecule has 1 aromatic heterocycles. The van der Waals surface area contributed by atoms with Crippen LogP contribution >= 0.6 is 0 Å². The number of H-pyrrole nitrogens is 1. The lowest BCUT2D eigenvalue weighted by molar-refractivity contribution is 0.0694. The van der Waals surface area contributed by atoms with Gasteiger partial charge in [-0.1, -0.05) is 49.7 Å². The molecule has 8 heteroatoms. The molecule has 0 bridgehead atoms. The van der Waals surface area contributed by atoms with Gasteiger partial charge in [0.2, 0.25) is 5.91 Å². The number of carbonyl (C=O) groups excluding carboxylic acids is 1. The number of unbranched alkanes of at least 4 members (excludes halogenated alkanes) is 1. The van der Waals surface area contributed by atoms with Gasteiger partial charge in [-0.15, -0.1) is 0 Å². The summed E-state index contributed by atoms with van der Waals surface area (Å²) in [6.07, 6.45) is 4.19. The molecule has 0 aliphatic rings. The standard InChI is InChI=1S/C16H12N2O2.C13H16O4/c17-15(19)11-6-7-12-13(8-11)14(9-18-16(12)20)10-4-2-1-3-5-10;1-3-4-5-9-6-7-10(12(14)15)8(2)11(9)13(16)17/h1-9H,(H2,17,19)(H,18,20);6-7H,3-5H2,1-2H3,(H,14,15)(H,16,17). The Morgan fingerprint density at radius 1 is 0.919 bits per heavy atom. The van der Waals surface area contributed by atoms with E-state index in [4.69, 9.17) is 15.9 Å². The highest BCUT2D eigenvalue weighted by Gasteiger charge is 2.18. The number of aromatic carboxylic acids is 2. The molecule has 0 saturated carbocycles. The van der Waals surface area contributed by atoms with E-state index >= 15 is 0 Å². The predicted molar refractivity (Wildman–Crippen MR) is 142 cm³/mol. The van der Waals surface area contributed by atoms with Gasteiger partial charge in [0.05, 0.1) is 11.1 Å². The first-order valence-corrected chi connectivity index (χ1v) is 11.7. The second-order valence-corrected chi connectivity index (χ2v) is 8.51. The highest BCUT2D eigenvalue weighted by molar-refractivity contribution is 6.02. The zero-order chi connectivity index (χ0) is 27.1. The number of carboxylic acids is 2. The highest BCUT2D eigenvalue weighted by atomic mass is 16.4. The van der Waals surface area contributed by atoms with E-state index in [1.807, 2.05) is 37.3 Å². The summed E-state index contributed by atoms with van der Waals surface area (Å²) in [4.78, 5) is 48.0. The zero-order valence-corrected chi connectivity index (χ0v) is 20.6. The van der Waals surface area contributed by atoms with Crippen LogP contribution in [0.1, 0.15) is 62.0 Å². The molecule has 0 aliphatic heterocycles. The summed E-state index contributed by atoms with van der Waals surface area (Å²) in [7, 11) is 0. The quantitative estimate of drug-likeness (QED) is 0.279. The van der Waals surface area contributed by atoms with Gasteiger partial charge in [-0.3, -0.25) is 9.59 Å². The molecular formula is C29H28N2O6. The van der Waals surface area contributed by atoms with Gasteiger partial charge in [-0.05, 0) is 66.1 Å². The predicted octanol–water partition coefficient (Wildman–Crippen LogP) is 5.03. The molecular weight excluding hydrogens is 472 g/mol. The number of fused-ring (bicyclic) bond motifs is 1. The molecule has 4 aromatic rings. The number of hydrogen-bond acceptors (Lipinski definition) is 4. The topological polar surface area (TPSA) is 151 Å². The van der Waals surface area contributed by atoms with Gasteiger partial charge in [-0.25, -0.2) is 9.59 Å². The molecule has 3 aromatic carbocycles. The molecule has 1 heterocycles. The number of amides is 1. The molecule has 190 valence electrons. The third kappa shape index (κ3) is 6.10. The van der Waals surface area contributed by atoms with E-state index < -0.39 is 17.8 Å². The van der Waals surface area contributed by atoms with Crippen LogP contribution in [0.4, 0.5) is 0 Å². The fourth-order valence-electron chi connectivity index (χ4n) is 4.14. The lowest BCUT2D eigenvalue weighted by Crippen LogP contribution is -2.12. The molecule has 0 unspecified atom stereocenters. The summed E-state index contributed by atoms with van der Waals surface area (Å²) in [5.41, 5.74) is 8.58. The van der Waals surface area contributed by atoms with Crippen LogP contribution in [0, 0.1) is 6.92 Å². The largest absolute Gasteiger partial charge is 0.478 e. The maximum atomic E-state index is 11.9. The Bertz CT molecular complexity index is 1520. The third-order valence-electron chi connectivity index (χ3n) is 6.07. The van der Waals surface area contributed by atoms with Crippen LogP contribution in [0.15, 0.2) is 71.7 Å². The monoisotopic (exact) mass is 500 g/mol. The number of benzene rings is 3. The second-order valence-electron chi connectivity index (χ2n) is 8.51. The van der Waals surface area contributed by atoms with E-state index in [2.05, 4.69) is 4.98 Å². The maximum Gasteiger partial charge on any atom is 0.336 e. The number of aromatic amines is 1. The Morgan fingerprint density at radius 2 is 1.62 bits per heavy atom. The Labute approximate surface area is 213 Å². The van der Waals surface area contributed by atoms with Crippen LogP contribution in [-0.2, 0) is 6.42 Å². The van der Waals surface area contributed by atoms with Gasteiger partial charge in [-0.2, -0.15) is 0 Å². The Hall–Kier alpha value is -4.72. The maximum absolute atomic E-state index is 11.9. The SMILES string of the molecule is CCCCc1ccc(C(=O)O)c(C)c1C(=O)O.NC(=O)c1ccc2c(=O)[nH]cc(-c3ccccc3)c2c1. The number of rotatable bonds is 7. The van der Waals surface area contributed by atoms with Crippen LogP contribution in [0.25, 0.3) is 21.9 Å². The summed E-state index contributed by atoms with van der Waals surface area (Å²) in [6.45, 7) is 3.57. The van der Waals surface area contributed by atoms with E-state index in [-0.39, 0.29) is 16.7 Å². The Balaban J connectivity index is 0.000000209. The summed E-state index contributed by atoms with van der Waals surface area (Å²) in [5.74, 6) is -2.66. The molecule has 4 rings (SSSR count). The van der Waals surface area contributed by atoms with Gasteiger partial charge in [0, 0.05) is 22.7 Å². The molecule has 8 nitrogen and oxygen atoms in total. The highest BCUT2D eigenvalue weighted by Crippen LogP contribution is 2.26. The van der Waals surface area contributed by atoms with Gasteiger partial charge >= 0.3 is 11.9 Å². The number of carbonyl (C=O) groups is 3. The first-order valence-electron chi connectivity index (χ1n) is 11.7. The second kappa shape index (κ2) is 11.8. The molecule has 0 spiro atoms. The van der Waals surface area contributed by atoms with Crippen molar-refractivity contribution in [1.29, 1.82) is 0 Å². The number of primary amides is 1. The van der Waals surface area contributed by atoms with Crippen molar-refractivity contribution in [2.45, 2.75) is 33.1 Å². The number of aromatic nitrogens is 1. The lowest BCUT2D eigenvalue weighted by atomic mass is 9.94. The van der Waals surface area contributed by atoms with Crippen molar-refractivity contribution in [2.24, 2.45) is 5.73 Å². The van der Waals surface area contributed by atoms with Crippen molar-refractivity contribution < 1.29 is 24.6 Å². The Morgan fingerprint density at radius 3 is 2.22 bits per heavy atom. The molecule has 0 aliphatic carbocycles. The summed E-state index contributed by atoms with van der Waals surface area (Å²) in [5, 5.41) is 19.4. The van der Waals surface area contributed by atoms with Crippen LogP contribution in [0.2, 0.25) is 0 Å². The third-order valence-corrected chi connectivity index (χ3v) is 6.07. The van der Waals surface area contributed by atoms with Gasteiger partial charge in [0.25, 0.3) is 5.56 Å². The smallest absolute Gasteiger partial charge is 0.336 e. The number of hydrogen-bond donors (Lipinski definition) is 4. The number of carboxylic acid groups (broad SMARTS) is 2. The lowest BCUT2D eigenvalue weighted by Gasteiger charge is -2.11. The van der Waals surface area contributed by atoms with Crippen molar-refractivity contribution in [3.8, 4) is 11.1 Å². The van der Waals surface area contributed by atoms with Crippen molar-refractivity contribution in [1.82, 2.24) is 4.98 Å². The number of nitrogens with two attached hydrogens (primary N) is 1. The zero-order valence-electron chi connectivity index (χ0n) is 20.6. The first-order chi connectivity index (χ1) is 17.6. The first kappa shape index (κ1) is 26.9. The van der Waals surface area contributed by atoms with Gasteiger partial charge < -0.3 is 20.9 Å². The number of pyridine rings is 1. The molecule has 37 heavy (non-hydrogen) atoms. The Kier molecular flexibility index (Phi) is 8.58. The van der Waals surface area contributed by atoms with E-state index in [0.717, 1.165) is 29.4 Å². The van der Waals surface area contributed by atoms with Gasteiger partial charge in [0.15, 0.2) is 0 Å². The van der Waals surface area contributed by atoms with E-state index in [1.165, 1.54) is 6.07 Å². The molecule has 0 fully saturated rings. The fraction of sp³-hybridized carbons (Fsp3) is 0.172. The molecule has 0 atom stereocenters. The van der Waals surface area contributed by atoms with E-state index in [0.29, 0.717) is 28.5 Å². The van der Waals surface area contributed by atoms with E-state index in [1.54, 1.807) is 37.4 Å². The van der Waals surface area contributed by atoms with Crippen molar-refractivity contribution in [3.63, 3.8) is 0 Å². The minimum absolute atomic E-state index is 0.0580. The van der Waals surface area contributed by atoms with E-state index in [9.17, 15) is 19.2 Å². The molecule has 1 amide bonds. The average molecular weight is 501 g/mol. The van der Waals surface area contributed by atoms with Crippen LogP contribution in [0.3, 0.4) is 0 Å². The molecule has 0 radical (unpaired) electrons. The number of nitrogens with one attached hydrogen (secondary N) is 1. The minimum Gasteiger partial charge on any atom is -0.478 e. The van der Waals surface area contributed by atoms with Crippen LogP contribution in [0.5, 0.6) is 0 Å². The van der Waals surface area contributed by atoms with Crippen molar-refractivity contribution in [2.75, 3.05) is 0 Å². The number of aryl methyl sites for hydroxylation is 1. The minimum atomic E-state index is -1.09. The molecule has 0 saturated heterocycles. The molecule has 5 N–H and O–H groups in total. The fourth-order valence-corrected chi connectivity index (χ4v) is 4.14. The normalized spacial score (nSPS) is 10.4. The van der Waals surface area contributed by atoms with Crippen molar-refractivity contribution in [3.05, 3.63) is 105 Å². The van der Waals surface area contributed by atoms with Crippen molar-refractivity contribution >= 4 is 28.6 Å². The van der Waals surface area contributed by atoms with Gasteiger partial charge in [0.1, 0.15) is 0 Å². The summed E-state index contributed by atoms with van der Waals surface area (Å²) >= 11 is 0. The summed E-state index contributed by atoms with van der Waals surface area (Å²) < 4.78 is 0.